The summed E-state index contributed by atoms with van der Waals surface area (Å²) in [4.78, 5) is 29.8. The molecule has 0 amide bonds. The van der Waals surface area contributed by atoms with Crippen LogP contribution in [-0.2, 0) is 35.6 Å². The number of nitrogens with zero attached hydrogens (tertiary/aromatic N) is 2. The minimum Gasteiger partial charge on any atom is -0.482 e. The molecule has 0 unspecified atom stereocenters. The lowest BCUT2D eigenvalue weighted by Gasteiger charge is -2.32. The molecule has 0 saturated carbocycles. The predicted octanol–water partition coefficient (Wildman–Crippen LogP) is 6.59. The Labute approximate surface area is 254 Å². The second-order valence-electron chi connectivity index (χ2n) is 11.8. The summed E-state index contributed by atoms with van der Waals surface area (Å²) < 4.78 is 24.1. The highest BCUT2D eigenvalue weighted by Crippen LogP contribution is 2.28. The Morgan fingerprint density at radius 2 is 1.70 bits per heavy atom. The van der Waals surface area contributed by atoms with Gasteiger partial charge in [-0.1, -0.05) is 42.5 Å². The van der Waals surface area contributed by atoms with Crippen LogP contribution in [-0.4, -0.2) is 54.4 Å². The highest BCUT2D eigenvalue weighted by atomic mass is 19.1. The van der Waals surface area contributed by atoms with E-state index >= 15 is 0 Å². The zero-order chi connectivity index (χ0) is 30.0. The van der Waals surface area contributed by atoms with E-state index in [9.17, 15) is 14.0 Å². The van der Waals surface area contributed by atoms with Crippen molar-refractivity contribution in [3.63, 3.8) is 0 Å². The van der Waals surface area contributed by atoms with Crippen LogP contribution in [0, 0.1) is 11.7 Å². The van der Waals surface area contributed by atoms with E-state index in [2.05, 4.69) is 21.9 Å². The maximum absolute atomic E-state index is 13.3. The SMILES string of the molecule is CCOC(=O)COc1ccccc1CN1CCC(CCC(=O)c2ccc3c(c2)CN(Cc2ccc(F)cc2)CCC3)CC1. The zero-order valence-corrected chi connectivity index (χ0v) is 25.2. The van der Waals surface area contributed by atoms with E-state index in [1.54, 1.807) is 6.92 Å². The molecular formula is C36H43FN2O4. The van der Waals surface area contributed by atoms with Crippen LogP contribution in [0.25, 0.3) is 0 Å². The Hall–Kier alpha value is -3.55. The third kappa shape index (κ3) is 8.97. The monoisotopic (exact) mass is 586 g/mol. The van der Waals surface area contributed by atoms with Crippen molar-refractivity contribution in [3.8, 4) is 5.75 Å². The Kier molecular flexibility index (Phi) is 11.0. The molecule has 2 aliphatic heterocycles. The molecule has 6 nitrogen and oxygen atoms in total. The van der Waals surface area contributed by atoms with Gasteiger partial charge in [0.15, 0.2) is 12.4 Å². The van der Waals surface area contributed by atoms with Gasteiger partial charge < -0.3 is 9.47 Å². The first kappa shape index (κ1) is 30.9. The van der Waals surface area contributed by atoms with Crippen molar-refractivity contribution in [2.75, 3.05) is 32.8 Å². The number of ether oxygens (including phenoxy) is 2. The first-order valence-corrected chi connectivity index (χ1v) is 15.7. The number of para-hydroxylation sites is 1. The number of fused-ring (bicyclic) bond motifs is 1. The highest BCUT2D eigenvalue weighted by molar-refractivity contribution is 5.96. The van der Waals surface area contributed by atoms with Gasteiger partial charge in [0.2, 0.25) is 0 Å². The number of rotatable bonds is 12. The molecule has 0 radical (unpaired) electrons. The summed E-state index contributed by atoms with van der Waals surface area (Å²) >= 11 is 0. The molecule has 0 spiro atoms. The molecule has 2 aliphatic rings. The minimum atomic E-state index is -0.359. The highest BCUT2D eigenvalue weighted by Gasteiger charge is 2.22. The molecule has 0 aromatic heterocycles. The van der Waals surface area contributed by atoms with Crippen LogP contribution in [0.5, 0.6) is 5.75 Å². The van der Waals surface area contributed by atoms with Crippen molar-refractivity contribution in [1.29, 1.82) is 0 Å². The fourth-order valence-corrected chi connectivity index (χ4v) is 6.25. The Morgan fingerprint density at radius 3 is 2.49 bits per heavy atom. The molecule has 0 atom stereocenters. The first-order chi connectivity index (χ1) is 21.0. The molecule has 0 N–H and O–H groups in total. The summed E-state index contributed by atoms with van der Waals surface area (Å²) in [6.45, 7) is 7.36. The van der Waals surface area contributed by atoms with Crippen LogP contribution in [0.3, 0.4) is 0 Å². The molecule has 0 bridgehead atoms. The predicted molar refractivity (Wildman–Crippen MR) is 165 cm³/mol. The molecule has 5 rings (SSSR count). The number of likely N-dealkylation sites (tertiary alicyclic amines) is 1. The minimum absolute atomic E-state index is 0.0839. The van der Waals surface area contributed by atoms with Crippen LogP contribution < -0.4 is 4.74 Å². The molecule has 7 heteroatoms. The lowest BCUT2D eigenvalue weighted by molar-refractivity contribution is -0.145. The molecule has 1 fully saturated rings. The van der Waals surface area contributed by atoms with E-state index in [0.717, 1.165) is 93.8 Å². The average molecular weight is 587 g/mol. The largest absolute Gasteiger partial charge is 0.482 e. The van der Waals surface area contributed by atoms with Crippen LogP contribution in [0.4, 0.5) is 4.39 Å². The molecule has 0 aliphatic carbocycles. The van der Waals surface area contributed by atoms with Gasteiger partial charge in [0.1, 0.15) is 11.6 Å². The summed E-state index contributed by atoms with van der Waals surface area (Å²) in [5, 5.41) is 0. The van der Waals surface area contributed by atoms with Gasteiger partial charge in [-0.05, 0) is 106 Å². The van der Waals surface area contributed by atoms with Gasteiger partial charge in [0.05, 0.1) is 6.61 Å². The third-order valence-corrected chi connectivity index (χ3v) is 8.67. The quantitative estimate of drug-likeness (QED) is 0.176. The fraction of sp³-hybridized carbons (Fsp3) is 0.444. The number of hydrogen-bond donors (Lipinski definition) is 0. The number of benzene rings is 3. The summed E-state index contributed by atoms with van der Waals surface area (Å²) in [6.07, 6.45) is 5.73. The Bertz CT molecular complexity index is 1370. The average Bonchev–Trinajstić information content (AvgIpc) is 3.22. The molecule has 228 valence electrons. The number of aryl methyl sites for hydroxylation is 1. The van der Waals surface area contributed by atoms with E-state index < -0.39 is 0 Å². The van der Waals surface area contributed by atoms with Crippen LogP contribution in [0.15, 0.2) is 66.7 Å². The standard InChI is InChI=1S/C36H43FN2O4/c1-2-42-36(41)26-43-35-8-4-3-6-31(35)24-38-20-17-27(18-21-38)11-16-34(40)30-13-12-29-7-5-19-39(25-32(29)22-30)23-28-9-14-33(37)15-10-28/h3-4,6,8-10,12-15,22,27H,2,5,7,11,16-21,23-26H2,1H3. The fourth-order valence-electron chi connectivity index (χ4n) is 6.25. The van der Waals surface area contributed by atoms with E-state index in [4.69, 9.17) is 9.47 Å². The van der Waals surface area contributed by atoms with Gasteiger partial charge in [0.25, 0.3) is 0 Å². The topological polar surface area (TPSA) is 59.1 Å². The summed E-state index contributed by atoms with van der Waals surface area (Å²) in [5.41, 5.74) is 5.57. The number of piperidine rings is 1. The van der Waals surface area contributed by atoms with Crippen molar-refractivity contribution < 1.29 is 23.5 Å². The van der Waals surface area contributed by atoms with Crippen molar-refractivity contribution in [2.45, 2.75) is 65.1 Å². The van der Waals surface area contributed by atoms with Crippen molar-refractivity contribution in [2.24, 2.45) is 5.92 Å². The third-order valence-electron chi connectivity index (χ3n) is 8.67. The summed E-state index contributed by atoms with van der Waals surface area (Å²) in [7, 11) is 0. The van der Waals surface area contributed by atoms with Crippen LogP contribution in [0.2, 0.25) is 0 Å². The normalized spacial score (nSPS) is 16.3. The van der Waals surface area contributed by atoms with Gasteiger partial charge in [-0.15, -0.1) is 0 Å². The Morgan fingerprint density at radius 1 is 0.907 bits per heavy atom. The van der Waals surface area contributed by atoms with Gasteiger partial charge in [-0.2, -0.15) is 0 Å². The number of ketones is 1. The molecule has 2 heterocycles. The van der Waals surface area contributed by atoms with Gasteiger partial charge in [-0.3, -0.25) is 14.6 Å². The summed E-state index contributed by atoms with van der Waals surface area (Å²) in [5.74, 6) is 0.929. The molecule has 3 aromatic carbocycles. The maximum atomic E-state index is 13.3. The Balaban J connectivity index is 1.09. The zero-order valence-electron chi connectivity index (χ0n) is 25.2. The molecule has 1 saturated heterocycles. The second kappa shape index (κ2) is 15.3. The van der Waals surface area contributed by atoms with E-state index in [1.807, 2.05) is 42.5 Å². The maximum Gasteiger partial charge on any atom is 0.344 e. The van der Waals surface area contributed by atoms with Crippen LogP contribution >= 0.6 is 0 Å². The van der Waals surface area contributed by atoms with Crippen molar-refractivity contribution >= 4 is 11.8 Å². The van der Waals surface area contributed by atoms with Crippen molar-refractivity contribution in [3.05, 3.63) is 100 Å². The van der Waals surface area contributed by atoms with Gasteiger partial charge in [0, 0.05) is 37.2 Å². The van der Waals surface area contributed by atoms with Crippen LogP contribution in [0.1, 0.15) is 71.6 Å². The second-order valence-corrected chi connectivity index (χ2v) is 11.8. The number of carbonyl (C=O) groups is 2. The molecular weight excluding hydrogens is 543 g/mol. The molecule has 3 aromatic rings. The van der Waals surface area contributed by atoms with Gasteiger partial charge in [-0.25, -0.2) is 9.18 Å². The lowest BCUT2D eigenvalue weighted by Crippen LogP contribution is -2.33. The lowest BCUT2D eigenvalue weighted by atomic mass is 9.89. The number of Topliss-reactive ketones (excluding diaryl/α,β-unsaturated/α-hetero) is 1. The summed E-state index contributed by atoms with van der Waals surface area (Å²) in [6, 6.07) is 20.9. The number of esters is 1. The van der Waals surface area contributed by atoms with E-state index in [-0.39, 0.29) is 24.2 Å². The van der Waals surface area contributed by atoms with E-state index in [0.29, 0.717) is 18.9 Å². The number of halogens is 1. The number of carbonyl (C=O) groups excluding carboxylic acids is 2. The van der Waals surface area contributed by atoms with E-state index in [1.165, 1.54) is 23.3 Å². The first-order valence-electron chi connectivity index (χ1n) is 15.7. The number of hydrogen-bond acceptors (Lipinski definition) is 6. The smallest absolute Gasteiger partial charge is 0.344 e. The van der Waals surface area contributed by atoms with Crippen molar-refractivity contribution in [1.82, 2.24) is 9.80 Å². The van der Waals surface area contributed by atoms with Gasteiger partial charge >= 0.3 is 5.97 Å². The molecule has 43 heavy (non-hydrogen) atoms.